The van der Waals surface area contributed by atoms with Crippen molar-refractivity contribution < 1.29 is 84.7 Å². The number of hydrogen-bond acceptors (Lipinski definition) is 16. The Bertz CT molecular complexity index is 774. The van der Waals surface area contributed by atoms with Crippen LogP contribution in [0, 0.1) is 0 Å². The lowest BCUT2D eigenvalue weighted by molar-refractivity contribution is -0.364. The Morgan fingerprint density at radius 2 is 1.50 bits per heavy atom. The topological polar surface area (TPSA) is 306 Å². The van der Waals surface area contributed by atoms with Gasteiger partial charge in [-0.05, 0) is 0 Å². The zero-order valence-electron chi connectivity index (χ0n) is 20.1. The van der Waals surface area contributed by atoms with E-state index < -0.39 is 117 Å². The molecule has 38 heavy (non-hydrogen) atoms. The van der Waals surface area contributed by atoms with Crippen LogP contribution in [0.5, 0.6) is 0 Å². The second-order valence-corrected chi connectivity index (χ2v) is 8.87. The number of ether oxygens (including phenoxy) is 4. The summed E-state index contributed by atoms with van der Waals surface area (Å²) in [7, 11) is 0. The summed E-state index contributed by atoms with van der Waals surface area (Å²) in [5.74, 6) is -2.43. The van der Waals surface area contributed by atoms with Crippen molar-refractivity contribution >= 4 is 11.9 Å². The van der Waals surface area contributed by atoms with Crippen LogP contribution in [0.2, 0.25) is 0 Å². The Morgan fingerprint density at radius 3 is 2.00 bits per heavy atom. The van der Waals surface area contributed by atoms with E-state index in [9.17, 15) is 65.8 Å². The van der Waals surface area contributed by atoms with E-state index in [1.807, 2.05) is 0 Å². The highest BCUT2D eigenvalue weighted by Gasteiger charge is 2.53. The molecule has 14 atom stereocenters. The van der Waals surface area contributed by atoms with E-state index in [1.165, 1.54) is 0 Å². The van der Waals surface area contributed by atoms with Gasteiger partial charge in [-0.15, -0.1) is 0 Å². The summed E-state index contributed by atoms with van der Waals surface area (Å²) >= 11 is 0. The highest BCUT2D eigenvalue weighted by molar-refractivity contribution is 5.73. The molecule has 18 heteroatoms. The van der Waals surface area contributed by atoms with Crippen LogP contribution in [-0.2, 0) is 28.5 Å². The maximum atomic E-state index is 11.6. The molecular formula is C20H35NO17. The molecule has 0 spiro atoms. The van der Waals surface area contributed by atoms with Crippen molar-refractivity contribution in [3.63, 3.8) is 0 Å². The molecule has 0 bridgehead atoms. The first-order valence-electron chi connectivity index (χ1n) is 11.5. The number of aliphatic carboxylic acids is 1. The van der Waals surface area contributed by atoms with Gasteiger partial charge in [0.25, 0.3) is 0 Å². The van der Waals surface area contributed by atoms with Gasteiger partial charge in [0.2, 0.25) is 5.91 Å². The predicted molar refractivity (Wildman–Crippen MR) is 116 cm³/mol. The average Bonchev–Trinajstić information content (AvgIpc) is 2.88. The second kappa shape index (κ2) is 14.1. The molecule has 0 aromatic heterocycles. The van der Waals surface area contributed by atoms with Crippen molar-refractivity contribution in [1.29, 1.82) is 0 Å². The number of carboxylic acids is 1. The molecule has 0 radical (unpaired) electrons. The van der Waals surface area contributed by atoms with E-state index in [1.54, 1.807) is 0 Å². The number of rotatable bonds is 12. The second-order valence-electron chi connectivity index (χ2n) is 8.87. The molecule has 0 unspecified atom stereocenters. The van der Waals surface area contributed by atoms with Crippen molar-refractivity contribution in [2.45, 2.75) is 92.7 Å². The number of carboxylic acid groups (broad SMARTS) is 1. The summed E-state index contributed by atoms with van der Waals surface area (Å²) in [5, 5.41) is 112. The quantitative estimate of drug-likeness (QED) is 0.105. The van der Waals surface area contributed by atoms with Crippen LogP contribution in [0.15, 0.2) is 0 Å². The smallest absolute Gasteiger partial charge is 0.335 e. The molecule has 0 aliphatic carbocycles. The van der Waals surface area contributed by atoms with Gasteiger partial charge in [-0.3, -0.25) is 4.79 Å². The summed E-state index contributed by atoms with van der Waals surface area (Å²) in [4.78, 5) is 22.9. The van der Waals surface area contributed by atoms with Crippen LogP contribution >= 0.6 is 0 Å². The third-order valence-corrected chi connectivity index (χ3v) is 6.12. The Hall–Kier alpha value is -1.62. The van der Waals surface area contributed by atoms with Gasteiger partial charge in [-0.1, -0.05) is 0 Å². The fraction of sp³-hybridized carbons (Fsp3) is 0.900. The third kappa shape index (κ3) is 7.31. The molecule has 2 rings (SSSR count). The molecule has 2 heterocycles. The lowest BCUT2D eigenvalue weighted by Crippen LogP contribution is -2.66. The fourth-order valence-corrected chi connectivity index (χ4v) is 4.03. The van der Waals surface area contributed by atoms with Crippen molar-refractivity contribution in [3.8, 4) is 0 Å². The Kier molecular flexibility index (Phi) is 12.1. The number of nitrogens with one attached hydrogen (secondary N) is 1. The van der Waals surface area contributed by atoms with Crippen molar-refractivity contribution in [3.05, 3.63) is 0 Å². The largest absolute Gasteiger partial charge is 0.479 e. The van der Waals surface area contributed by atoms with E-state index in [2.05, 4.69) is 5.32 Å². The molecular weight excluding hydrogens is 526 g/mol. The number of carbonyl (C=O) groups is 2. The molecule has 1 amide bonds. The minimum absolute atomic E-state index is 0.699. The summed E-state index contributed by atoms with van der Waals surface area (Å²) < 4.78 is 21.1. The molecule has 2 saturated heterocycles. The standard InChI is InChI=1S/C20H35NO17/c1-5(25)21-6(2-22)15(9(27)7(26)3-23)36-20-14(32)16(10(28)8(4-24)35-20)37-19-13(31)11(29)12(30)17(38-19)18(33)34/h6-17,19-20,22-24,26-32H,2-4H2,1H3,(H,21,25)(H,33,34)/t6-,7+,8+,9-,10-,11-,12-,13+,14+,15+,16-,17-,19+,20-/m0/s1. The normalized spacial score (nSPS) is 39.1. The van der Waals surface area contributed by atoms with Crippen molar-refractivity contribution in [2.24, 2.45) is 0 Å². The molecule has 0 saturated carbocycles. The predicted octanol–water partition coefficient (Wildman–Crippen LogP) is -7.70. The highest BCUT2D eigenvalue weighted by Crippen LogP contribution is 2.31. The molecule has 18 nitrogen and oxygen atoms in total. The Balaban J connectivity index is 2.34. The molecule has 2 fully saturated rings. The Morgan fingerprint density at radius 1 is 0.868 bits per heavy atom. The summed E-state index contributed by atoms with van der Waals surface area (Å²) in [5.41, 5.74) is 0. The number of amides is 1. The van der Waals surface area contributed by atoms with Gasteiger partial charge in [0.15, 0.2) is 18.7 Å². The van der Waals surface area contributed by atoms with Crippen molar-refractivity contribution in [1.82, 2.24) is 5.32 Å². The lowest BCUT2D eigenvalue weighted by atomic mass is 9.96. The summed E-state index contributed by atoms with van der Waals surface area (Å²) in [6, 6.07) is -1.44. The molecule has 222 valence electrons. The first-order valence-corrected chi connectivity index (χ1v) is 11.5. The van der Waals surface area contributed by atoms with Gasteiger partial charge in [0.05, 0.1) is 25.9 Å². The fourth-order valence-electron chi connectivity index (χ4n) is 4.03. The molecule has 0 aromatic carbocycles. The first-order chi connectivity index (χ1) is 17.8. The van der Waals surface area contributed by atoms with Crippen LogP contribution in [0.1, 0.15) is 6.92 Å². The van der Waals surface area contributed by atoms with E-state index in [4.69, 9.17) is 18.9 Å². The number of hydrogen-bond donors (Lipinski definition) is 12. The number of carbonyl (C=O) groups excluding carboxylic acids is 1. The average molecular weight is 561 g/mol. The molecule has 2 aliphatic rings. The molecule has 12 N–H and O–H groups in total. The molecule has 2 aliphatic heterocycles. The van der Waals surface area contributed by atoms with Gasteiger partial charge in [0, 0.05) is 6.92 Å². The zero-order valence-corrected chi connectivity index (χ0v) is 20.1. The monoisotopic (exact) mass is 561 g/mol. The highest BCUT2D eigenvalue weighted by atomic mass is 16.7. The summed E-state index contributed by atoms with van der Waals surface area (Å²) in [6.07, 6.45) is -25.3. The van der Waals surface area contributed by atoms with Crippen LogP contribution in [0.3, 0.4) is 0 Å². The van der Waals surface area contributed by atoms with E-state index in [-0.39, 0.29) is 0 Å². The van der Waals surface area contributed by atoms with E-state index in [0.717, 1.165) is 6.92 Å². The number of aliphatic hydroxyl groups is 10. The van der Waals surface area contributed by atoms with Gasteiger partial charge >= 0.3 is 5.97 Å². The van der Waals surface area contributed by atoms with Crippen LogP contribution in [0.25, 0.3) is 0 Å². The zero-order chi connectivity index (χ0) is 28.9. The minimum atomic E-state index is -2.08. The van der Waals surface area contributed by atoms with Crippen LogP contribution in [-0.4, -0.2) is 174 Å². The van der Waals surface area contributed by atoms with Gasteiger partial charge in [0.1, 0.15) is 61.0 Å². The van der Waals surface area contributed by atoms with Crippen LogP contribution < -0.4 is 5.32 Å². The minimum Gasteiger partial charge on any atom is -0.479 e. The van der Waals surface area contributed by atoms with Gasteiger partial charge in [-0.2, -0.15) is 0 Å². The lowest BCUT2D eigenvalue weighted by Gasteiger charge is -2.46. The van der Waals surface area contributed by atoms with Crippen LogP contribution in [0.4, 0.5) is 0 Å². The third-order valence-electron chi connectivity index (χ3n) is 6.12. The summed E-state index contributed by atoms with van der Waals surface area (Å²) in [6.45, 7) is -1.70. The van der Waals surface area contributed by atoms with Gasteiger partial charge in [-0.25, -0.2) is 4.79 Å². The number of aliphatic hydroxyl groups excluding tert-OH is 10. The first kappa shape index (κ1) is 32.6. The molecule has 0 aromatic rings. The van der Waals surface area contributed by atoms with E-state index in [0.29, 0.717) is 0 Å². The Labute approximate surface area is 215 Å². The maximum Gasteiger partial charge on any atom is 0.335 e. The van der Waals surface area contributed by atoms with E-state index >= 15 is 0 Å². The maximum absolute atomic E-state index is 11.6. The SMILES string of the molecule is CC(=O)N[C@@H](CO)[C@@H](O[C@@H]1O[C@H](CO)[C@H](O)[C@H](O[C@@H]2O[C@H](C(=O)O)[C@@H](O)[C@H](O)[C@H]2O)[C@H]1O)[C@@H](O)[C@H](O)CO. The van der Waals surface area contributed by atoms with Gasteiger partial charge < -0.3 is 80.4 Å². The van der Waals surface area contributed by atoms with Crippen molar-refractivity contribution in [2.75, 3.05) is 19.8 Å².